The van der Waals surface area contributed by atoms with Crippen LogP contribution in [0.1, 0.15) is 51.4 Å². The molecule has 0 bridgehead atoms. The SMILES string of the molecule is CN1CCCC2CCCCC3(CC3)C21. The molecule has 0 aromatic carbocycles. The second kappa shape index (κ2) is 3.23. The van der Waals surface area contributed by atoms with Crippen molar-refractivity contribution in [2.24, 2.45) is 11.3 Å². The van der Waals surface area contributed by atoms with E-state index in [9.17, 15) is 0 Å². The van der Waals surface area contributed by atoms with E-state index >= 15 is 0 Å². The normalized spacial score (nSPS) is 41.8. The molecular formula is C13H23N. The van der Waals surface area contributed by atoms with Gasteiger partial charge in [0, 0.05) is 6.04 Å². The van der Waals surface area contributed by atoms with Crippen LogP contribution < -0.4 is 0 Å². The third-order valence-corrected chi connectivity index (χ3v) is 5.03. The van der Waals surface area contributed by atoms with Crippen LogP contribution >= 0.6 is 0 Å². The molecule has 80 valence electrons. The Morgan fingerprint density at radius 2 is 1.79 bits per heavy atom. The molecule has 3 fully saturated rings. The Bertz CT molecular complexity index is 219. The molecule has 1 nitrogen and oxygen atoms in total. The lowest BCUT2D eigenvalue weighted by molar-refractivity contribution is 0.0623. The Kier molecular flexibility index (Phi) is 2.12. The van der Waals surface area contributed by atoms with Crippen molar-refractivity contribution < 1.29 is 0 Å². The molecule has 2 unspecified atom stereocenters. The number of hydrogen-bond acceptors (Lipinski definition) is 1. The molecule has 14 heavy (non-hydrogen) atoms. The Labute approximate surface area is 87.9 Å². The third kappa shape index (κ3) is 1.32. The summed E-state index contributed by atoms with van der Waals surface area (Å²) in [5.41, 5.74) is 0.802. The molecule has 1 saturated heterocycles. The van der Waals surface area contributed by atoms with E-state index < -0.39 is 0 Å². The minimum atomic E-state index is 0.802. The topological polar surface area (TPSA) is 3.24 Å². The number of fused-ring (bicyclic) bond motifs is 2. The zero-order chi connectivity index (χ0) is 9.60. The number of hydrogen-bond donors (Lipinski definition) is 0. The van der Waals surface area contributed by atoms with Gasteiger partial charge in [-0.05, 0) is 63.5 Å². The smallest absolute Gasteiger partial charge is 0.0177 e. The van der Waals surface area contributed by atoms with Gasteiger partial charge in [0.15, 0.2) is 0 Å². The van der Waals surface area contributed by atoms with Crippen LogP contribution in [0, 0.1) is 11.3 Å². The fourth-order valence-electron chi connectivity index (χ4n) is 4.27. The standard InChI is InChI=1S/C13H23N/c1-14-10-4-6-11-5-2-3-7-13(8-9-13)12(11)14/h11-12H,2-10H2,1H3. The van der Waals surface area contributed by atoms with Gasteiger partial charge in [-0.15, -0.1) is 0 Å². The molecule has 0 aromatic rings. The van der Waals surface area contributed by atoms with Gasteiger partial charge >= 0.3 is 0 Å². The first-order valence-electron chi connectivity index (χ1n) is 6.52. The van der Waals surface area contributed by atoms with Gasteiger partial charge in [-0.25, -0.2) is 0 Å². The number of piperidine rings is 1. The summed E-state index contributed by atoms with van der Waals surface area (Å²) < 4.78 is 0. The monoisotopic (exact) mass is 193 g/mol. The van der Waals surface area contributed by atoms with Crippen LogP contribution in [-0.2, 0) is 0 Å². The van der Waals surface area contributed by atoms with Gasteiger partial charge in [-0.3, -0.25) is 0 Å². The van der Waals surface area contributed by atoms with Crippen molar-refractivity contribution in [3.05, 3.63) is 0 Å². The summed E-state index contributed by atoms with van der Waals surface area (Å²) in [5, 5.41) is 0. The van der Waals surface area contributed by atoms with E-state index in [-0.39, 0.29) is 0 Å². The third-order valence-electron chi connectivity index (χ3n) is 5.03. The maximum atomic E-state index is 2.70. The van der Waals surface area contributed by atoms with Crippen molar-refractivity contribution in [3.8, 4) is 0 Å². The lowest BCUT2D eigenvalue weighted by Gasteiger charge is -2.43. The van der Waals surface area contributed by atoms with Crippen LogP contribution in [0.3, 0.4) is 0 Å². The summed E-state index contributed by atoms with van der Waals surface area (Å²) in [6, 6.07) is 0.971. The zero-order valence-electron chi connectivity index (χ0n) is 9.47. The highest BCUT2D eigenvalue weighted by atomic mass is 15.2. The highest BCUT2D eigenvalue weighted by Gasteiger charge is 2.54. The van der Waals surface area contributed by atoms with Crippen LogP contribution in [0.2, 0.25) is 0 Å². The van der Waals surface area contributed by atoms with Crippen molar-refractivity contribution in [2.45, 2.75) is 57.4 Å². The fraction of sp³-hybridized carbons (Fsp3) is 1.00. The average molecular weight is 193 g/mol. The van der Waals surface area contributed by atoms with Crippen LogP contribution in [0.25, 0.3) is 0 Å². The molecule has 2 saturated carbocycles. The van der Waals surface area contributed by atoms with Crippen molar-refractivity contribution in [3.63, 3.8) is 0 Å². The van der Waals surface area contributed by atoms with Crippen LogP contribution in [-0.4, -0.2) is 24.5 Å². The lowest BCUT2D eigenvalue weighted by Crippen LogP contribution is -2.47. The molecule has 3 rings (SSSR count). The van der Waals surface area contributed by atoms with Gasteiger partial charge in [-0.1, -0.05) is 12.8 Å². The largest absolute Gasteiger partial charge is 0.303 e. The molecule has 1 spiro atoms. The Morgan fingerprint density at radius 3 is 2.57 bits per heavy atom. The average Bonchev–Trinajstić information content (AvgIpc) is 2.96. The number of likely N-dealkylation sites (tertiary alicyclic amines) is 1. The summed E-state index contributed by atoms with van der Waals surface area (Å²) in [4.78, 5) is 2.70. The van der Waals surface area contributed by atoms with Crippen LogP contribution in [0.15, 0.2) is 0 Å². The summed E-state index contributed by atoms with van der Waals surface area (Å²) in [6.07, 6.45) is 12.1. The van der Waals surface area contributed by atoms with Crippen molar-refractivity contribution in [1.82, 2.24) is 4.90 Å². The van der Waals surface area contributed by atoms with E-state index in [1.165, 1.54) is 38.6 Å². The second-order valence-corrected chi connectivity index (χ2v) is 5.94. The first-order valence-corrected chi connectivity index (χ1v) is 6.52. The number of nitrogens with zero attached hydrogens (tertiary/aromatic N) is 1. The summed E-state index contributed by atoms with van der Waals surface area (Å²) >= 11 is 0. The highest BCUT2D eigenvalue weighted by molar-refractivity contribution is 5.07. The van der Waals surface area contributed by atoms with E-state index in [0.717, 1.165) is 17.4 Å². The predicted molar refractivity (Wildman–Crippen MR) is 59.3 cm³/mol. The van der Waals surface area contributed by atoms with Gasteiger partial charge in [0.25, 0.3) is 0 Å². The van der Waals surface area contributed by atoms with E-state index in [1.54, 1.807) is 19.3 Å². The Hall–Kier alpha value is -0.0400. The first-order chi connectivity index (χ1) is 6.82. The summed E-state index contributed by atoms with van der Waals surface area (Å²) in [7, 11) is 2.38. The number of rotatable bonds is 0. The van der Waals surface area contributed by atoms with Crippen molar-refractivity contribution in [1.29, 1.82) is 0 Å². The molecule has 2 aliphatic carbocycles. The van der Waals surface area contributed by atoms with Crippen molar-refractivity contribution >= 4 is 0 Å². The zero-order valence-corrected chi connectivity index (χ0v) is 9.47. The minimum absolute atomic E-state index is 0.802. The van der Waals surface area contributed by atoms with E-state index in [2.05, 4.69) is 11.9 Å². The van der Waals surface area contributed by atoms with E-state index in [1.807, 2.05) is 0 Å². The molecule has 0 radical (unpaired) electrons. The maximum absolute atomic E-state index is 2.70. The van der Waals surface area contributed by atoms with Gasteiger partial charge in [0.2, 0.25) is 0 Å². The molecule has 0 aromatic heterocycles. The van der Waals surface area contributed by atoms with Gasteiger partial charge < -0.3 is 4.90 Å². The Morgan fingerprint density at radius 1 is 1.00 bits per heavy atom. The Balaban J connectivity index is 1.86. The van der Waals surface area contributed by atoms with Gasteiger partial charge in [0.1, 0.15) is 0 Å². The van der Waals surface area contributed by atoms with E-state index in [4.69, 9.17) is 0 Å². The molecular weight excluding hydrogens is 170 g/mol. The molecule has 1 aliphatic heterocycles. The fourth-order valence-corrected chi connectivity index (χ4v) is 4.27. The molecule has 1 heterocycles. The summed E-state index contributed by atoms with van der Waals surface area (Å²) in [6.45, 7) is 1.36. The molecule has 2 atom stereocenters. The summed E-state index contributed by atoms with van der Waals surface area (Å²) in [5.74, 6) is 1.05. The first kappa shape index (κ1) is 9.21. The maximum Gasteiger partial charge on any atom is 0.0177 e. The second-order valence-electron chi connectivity index (χ2n) is 5.94. The molecule has 1 heteroatoms. The minimum Gasteiger partial charge on any atom is -0.303 e. The predicted octanol–water partition coefficient (Wildman–Crippen LogP) is 3.05. The van der Waals surface area contributed by atoms with Gasteiger partial charge in [0.05, 0.1) is 0 Å². The van der Waals surface area contributed by atoms with Crippen LogP contribution in [0.4, 0.5) is 0 Å². The molecule has 0 amide bonds. The lowest BCUT2D eigenvalue weighted by atomic mass is 9.78. The van der Waals surface area contributed by atoms with E-state index in [0.29, 0.717) is 0 Å². The quantitative estimate of drug-likeness (QED) is 0.571. The molecule has 3 aliphatic rings. The van der Waals surface area contributed by atoms with Gasteiger partial charge in [-0.2, -0.15) is 0 Å². The van der Waals surface area contributed by atoms with Crippen molar-refractivity contribution in [2.75, 3.05) is 13.6 Å². The molecule has 0 N–H and O–H groups in total. The van der Waals surface area contributed by atoms with Crippen LogP contribution in [0.5, 0.6) is 0 Å². The highest BCUT2D eigenvalue weighted by Crippen LogP contribution is 2.59.